The molecule has 0 saturated heterocycles. The van der Waals surface area contributed by atoms with Crippen LogP contribution in [0.15, 0.2) is 92.8 Å². The molecule has 0 saturated carbocycles. The lowest BCUT2D eigenvalue weighted by molar-refractivity contribution is 0.0759. The Bertz CT molecular complexity index is 1050. The molecular weight excluding hydrogens is 396 g/mol. The van der Waals surface area contributed by atoms with E-state index < -0.39 is 16.7 Å². The Morgan fingerprint density at radius 1 is 0.645 bits per heavy atom. The third kappa shape index (κ3) is 3.24. The van der Waals surface area contributed by atoms with E-state index in [4.69, 9.17) is 0 Å². The summed E-state index contributed by atoms with van der Waals surface area (Å²) in [7, 11) is 0. The molecule has 0 atom stereocenters. The summed E-state index contributed by atoms with van der Waals surface area (Å²) < 4.78 is 0. The lowest BCUT2D eigenvalue weighted by Gasteiger charge is -2.48. The molecule has 2 aromatic carbocycles. The van der Waals surface area contributed by atoms with Crippen molar-refractivity contribution < 1.29 is 19.2 Å². The maximum atomic E-state index is 11.6. The van der Waals surface area contributed by atoms with Crippen LogP contribution in [-0.4, -0.2) is 24.3 Å². The van der Waals surface area contributed by atoms with Crippen molar-refractivity contribution in [3.05, 3.63) is 83.9 Å². The fourth-order valence-corrected chi connectivity index (χ4v) is 4.33. The molecule has 0 amide bonds. The summed E-state index contributed by atoms with van der Waals surface area (Å²) in [6.45, 7) is 0. The lowest BCUT2D eigenvalue weighted by Crippen LogP contribution is -2.53. The highest BCUT2D eigenvalue weighted by atomic mass is 16.1. The molecule has 152 valence electrons. The van der Waals surface area contributed by atoms with Gasteiger partial charge in [0.2, 0.25) is 35.6 Å². The van der Waals surface area contributed by atoms with Gasteiger partial charge in [0.15, 0.2) is 0 Å². The van der Waals surface area contributed by atoms with Crippen LogP contribution in [0.4, 0.5) is 0 Å². The lowest BCUT2D eigenvalue weighted by atomic mass is 9.61. The minimum Gasteiger partial charge on any atom is -0.211 e. The van der Waals surface area contributed by atoms with E-state index in [2.05, 4.69) is 20.0 Å². The predicted octanol–water partition coefficient (Wildman–Crippen LogP) is 3.37. The van der Waals surface area contributed by atoms with E-state index in [9.17, 15) is 19.2 Å². The SMILES string of the molecule is O=C=NC(N=C=O)(c1ccccc1)C1(C(N=C=O)(N=C=O)c2ccccc2)C=CCC1. The second kappa shape index (κ2) is 9.02. The summed E-state index contributed by atoms with van der Waals surface area (Å²) in [5.74, 6) is 0. The Balaban J connectivity index is 2.57. The van der Waals surface area contributed by atoms with Gasteiger partial charge in [-0.25, -0.2) is 19.2 Å². The minimum absolute atomic E-state index is 0.184. The van der Waals surface area contributed by atoms with E-state index in [1.165, 1.54) is 24.3 Å². The van der Waals surface area contributed by atoms with Crippen molar-refractivity contribution in [1.82, 2.24) is 0 Å². The van der Waals surface area contributed by atoms with Gasteiger partial charge in [0, 0.05) is 11.1 Å². The molecule has 0 heterocycles. The first-order valence-corrected chi connectivity index (χ1v) is 9.31. The number of allylic oxidation sites excluding steroid dienone is 1. The standard InChI is InChI=1S/C23H16N4O4/c28-15-24-22(25-16-29,19-9-3-1-4-10-19)21(13-7-8-14-21)23(26-17-30,27-18-31)20-11-5-2-6-12-20/h1-7,9-13H,8,14H2. The van der Waals surface area contributed by atoms with Crippen LogP contribution in [0.25, 0.3) is 0 Å². The molecule has 0 bridgehead atoms. The summed E-state index contributed by atoms with van der Waals surface area (Å²) in [5.41, 5.74) is -4.85. The van der Waals surface area contributed by atoms with Gasteiger partial charge in [-0.05, 0) is 12.8 Å². The number of carbonyl (C=O) groups excluding carboxylic acids is 4. The Morgan fingerprint density at radius 2 is 1.03 bits per heavy atom. The molecular formula is C23H16N4O4. The van der Waals surface area contributed by atoms with E-state index in [-0.39, 0.29) is 6.42 Å². The van der Waals surface area contributed by atoms with Crippen LogP contribution >= 0.6 is 0 Å². The van der Waals surface area contributed by atoms with Crippen LogP contribution < -0.4 is 0 Å². The minimum atomic E-state index is -1.97. The van der Waals surface area contributed by atoms with Crippen molar-refractivity contribution in [1.29, 1.82) is 0 Å². The Morgan fingerprint density at radius 3 is 1.32 bits per heavy atom. The number of hydrogen-bond donors (Lipinski definition) is 0. The molecule has 8 nitrogen and oxygen atoms in total. The van der Waals surface area contributed by atoms with Gasteiger partial charge in [0.05, 0.1) is 5.41 Å². The fraction of sp³-hybridized carbons (Fsp3) is 0.217. The summed E-state index contributed by atoms with van der Waals surface area (Å²) in [4.78, 5) is 62.3. The highest BCUT2D eigenvalue weighted by Gasteiger charge is 2.66. The van der Waals surface area contributed by atoms with Crippen LogP contribution in [-0.2, 0) is 30.5 Å². The highest BCUT2D eigenvalue weighted by Crippen LogP contribution is 2.62. The van der Waals surface area contributed by atoms with Gasteiger partial charge < -0.3 is 0 Å². The maximum absolute atomic E-state index is 11.6. The van der Waals surface area contributed by atoms with Gasteiger partial charge in [-0.15, -0.1) is 0 Å². The van der Waals surface area contributed by atoms with Gasteiger partial charge in [-0.2, -0.15) is 20.0 Å². The topological polar surface area (TPSA) is 118 Å². The molecule has 3 rings (SSSR count). The van der Waals surface area contributed by atoms with Crippen LogP contribution in [0.5, 0.6) is 0 Å². The van der Waals surface area contributed by atoms with Crippen LogP contribution in [0, 0.1) is 5.41 Å². The van der Waals surface area contributed by atoms with E-state index in [1.54, 1.807) is 72.8 Å². The number of isocyanates is 4. The van der Waals surface area contributed by atoms with Gasteiger partial charge in [0.1, 0.15) is 0 Å². The first kappa shape index (κ1) is 21.4. The van der Waals surface area contributed by atoms with Crippen LogP contribution in [0.2, 0.25) is 0 Å². The molecule has 0 radical (unpaired) electrons. The molecule has 1 aliphatic rings. The number of nitrogens with zero attached hydrogens (tertiary/aromatic N) is 4. The molecule has 0 N–H and O–H groups in total. The van der Waals surface area contributed by atoms with Gasteiger partial charge in [-0.3, -0.25) is 0 Å². The molecule has 0 unspecified atom stereocenters. The zero-order valence-electron chi connectivity index (χ0n) is 16.3. The molecule has 8 heteroatoms. The van der Waals surface area contributed by atoms with E-state index >= 15 is 0 Å². The van der Waals surface area contributed by atoms with Crippen molar-refractivity contribution in [3.63, 3.8) is 0 Å². The Hall–Kier alpha value is -4.30. The van der Waals surface area contributed by atoms with Gasteiger partial charge in [0.25, 0.3) is 0 Å². The second-order valence-corrected chi connectivity index (χ2v) is 6.80. The normalized spacial score (nSPS) is 20.5. The van der Waals surface area contributed by atoms with E-state index in [1.807, 2.05) is 0 Å². The quantitative estimate of drug-likeness (QED) is 0.375. The average Bonchev–Trinajstić information content (AvgIpc) is 3.32. The molecule has 1 aliphatic carbocycles. The summed E-state index contributed by atoms with van der Waals surface area (Å²) in [5, 5.41) is 0. The van der Waals surface area contributed by atoms with E-state index in [0.29, 0.717) is 17.5 Å². The molecule has 0 fully saturated rings. The van der Waals surface area contributed by atoms with Crippen molar-refractivity contribution >= 4 is 24.3 Å². The fourth-order valence-electron chi connectivity index (χ4n) is 4.33. The number of benzene rings is 2. The van der Waals surface area contributed by atoms with Gasteiger partial charge in [-0.1, -0.05) is 72.8 Å². The van der Waals surface area contributed by atoms with Crippen LogP contribution in [0.3, 0.4) is 0 Å². The van der Waals surface area contributed by atoms with Gasteiger partial charge >= 0.3 is 0 Å². The maximum Gasteiger partial charge on any atom is 0.237 e. The summed E-state index contributed by atoms with van der Waals surface area (Å²) in [6, 6.07) is 16.6. The van der Waals surface area contributed by atoms with Crippen molar-refractivity contribution in [2.75, 3.05) is 0 Å². The Kier molecular flexibility index (Phi) is 6.23. The first-order valence-electron chi connectivity index (χ1n) is 9.31. The molecule has 0 aromatic heterocycles. The van der Waals surface area contributed by atoms with Crippen molar-refractivity contribution in [2.45, 2.75) is 24.2 Å². The second-order valence-electron chi connectivity index (χ2n) is 6.80. The predicted molar refractivity (Wildman–Crippen MR) is 110 cm³/mol. The summed E-state index contributed by atoms with van der Waals surface area (Å²) in [6.07, 6.45) is 9.98. The molecule has 31 heavy (non-hydrogen) atoms. The smallest absolute Gasteiger partial charge is 0.211 e. The Labute approximate surface area is 177 Å². The molecule has 0 aliphatic heterocycles. The zero-order chi connectivity index (χ0) is 22.2. The molecule has 0 spiro atoms. The van der Waals surface area contributed by atoms with Crippen molar-refractivity contribution in [3.8, 4) is 0 Å². The van der Waals surface area contributed by atoms with E-state index in [0.717, 1.165) is 0 Å². The monoisotopic (exact) mass is 412 g/mol. The third-order valence-corrected chi connectivity index (χ3v) is 5.53. The summed E-state index contributed by atoms with van der Waals surface area (Å²) >= 11 is 0. The molecule has 2 aromatic rings. The van der Waals surface area contributed by atoms with Crippen LogP contribution in [0.1, 0.15) is 24.0 Å². The number of rotatable bonds is 8. The highest BCUT2D eigenvalue weighted by molar-refractivity contribution is 5.52. The largest absolute Gasteiger partial charge is 0.237 e. The first-order chi connectivity index (χ1) is 15.2. The zero-order valence-corrected chi connectivity index (χ0v) is 16.3. The number of aliphatic imine (C=N–C) groups is 4. The third-order valence-electron chi connectivity index (χ3n) is 5.53. The van der Waals surface area contributed by atoms with Crippen molar-refractivity contribution in [2.24, 2.45) is 25.4 Å². The average molecular weight is 412 g/mol. The number of hydrogen-bond acceptors (Lipinski definition) is 8.